The summed E-state index contributed by atoms with van der Waals surface area (Å²) in [6, 6.07) is 11.8. The number of nitrogens with two attached hydrogens (primary N) is 1. The molecule has 7 heteroatoms. The van der Waals surface area contributed by atoms with Crippen molar-refractivity contribution in [2.24, 2.45) is 5.14 Å². The number of primary sulfonamides is 1. The van der Waals surface area contributed by atoms with Crippen molar-refractivity contribution in [2.75, 3.05) is 19.5 Å². The Morgan fingerprint density at radius 3 is 2.27 bits per heavy atom. The summed E-state index contributed by atoms with van der Waals surface area (Å²) in [6.07, 6.45) is 0. The van der Waals surface area contributed by atoms with Crippen molar-refractivity contribution in [3.63, 3.8) is 0 Å². The van der Waals surface area contributed by atoms with Crippen molar-refractivity contribution < 1.29 is 17.9 Å². The number of hydrogen-bond acceptors (Lipinski definition) is 5. The molecule has 0 fully saturated rings. The van der Waals surface area contributed by atoms with Gasteiger partial charge < -0.3 is 14.8 Å². The average molecular weight is 322 g/mol. The molecule has 0 aliphatic carbocycles. The zero-order valence-electron chi connectivity index (χ0n) is 12.4. The third-order valence-corrected chi connectivity index (χ3v) is 4.09. The lowest BCUT2D eigenvalue weighted by atomic mass is 10.2. The van der Waals surface area contributed by atoms with Crippen LogP contribution in [0.5, 0.6) is 11.5 Å². The summed E-state index contributed by atoms with van der Waals surface area (Å²) >= 11 is 0. The molecule has 2 aromatic rings. The predicted molar refractivity (Wildman–Crippen MR) is 84.7 cm³/mol. The van der Waals surface area contributed by atoms with Gasteiger partial charge in [-0.3, -0.25) is 0 Å². The van der Waals surface area contributed by atoms with Gasteiger partial charge in [0.2, 0.25) is 10.0 Å². The van der Waals surface area contributed by atoms with Gasteiger partial charge in [-0.1, -0.05) is 0 Å². The second-order valence-electron chi connectivity index (χ2n) is 4.60. The molecule has 0 atom stereocenters. The summed E-state index contributed by atoms with van der Waals surface area (Å²) in [6.45, 7) is 0.530. The SMILES string of the molecule is COc1ccc(CNc2ccc(S(N)(=O)=O)cc2)c(OC)c1. The lowest BCUT2D eigenvalue weighted by Crippen LogP contribution is -2.12. The minimum absolute atomic E-state index is 0.0834. The largest absolute Gasteiger partial charge is 0.497 e. The fraction of sp³-hybridized carbons (Fsp3) is 0.200. The second-order valence-corrected chi connectivity index (χ2v) is 6.16. The summed E-state index contributed by atoms with van der Waals surface area (Å²) in [4.78, 5) is 0.0834. The summed E-state index contributed by atoms with van der Waals surface area (Å²) in [7, 11) is -0.473. The lowest BCUT2D eigenvalue weighted by Gasteiger charge is -2.12. The van der Waals surface area contributed by atoms with E-state index in [0.29, 0.717) is 12.3 Å². The maximum Gasteiger partial charge on any atom is 0.238 e. The molecule has 0 aliphatic rings. The topological polar surface area (TPSA) is 90.6 Å². The minimum atomic E-state index is -3.67. The Morgan fingerprint density at radius 1 is 1.05 bits per heavy atom. The minimum Gasteiger partial charge on any atom is -0.497 e. The van der Waals surface area contributed by atoms with Crippen LogP contribution in [0.3, 0.4) is 0 Å². The molecule has 2 aromatic carbocycles. The van der Waals surface area contributed by atoms with Crippen molar-refractivity contribution >= 4 is 15.7 Å². The molecule has 0 unspecified atom stereocenters. The highest BCUT2D eigenvalue weighted by molar-refractivity contribution is 7.89. The molecule has 0 heterocycles. The molecule has 6 nitrogen and oxygen atoms in total. The van der Waals surface area contributed by atoms with E-state index in [9.17, 15) is 8.42 Å². The molecule has 0 radical (unpaired) electrons. The van der Waals surface area contributed by atoms with E-state index in [1.807, 2.05) is 12.1 Å². The summed E-state index contributed by atoms with van der Waals surface area (Å²) in [5.41, 5.74) is 1.74. The Kier molecular flexibility index (Phi) is 4.89. The van der Waals surface area contributed by atoms with Crippen molar-refractivity contribution in [3.8, 4) is 11.5 Å². The van der Waals surface area contributed by atoms with E-state index in [1.54, 1.807) is 32.4 Å². The number of sulfonamides is 1. The molecule has 0 aliphatic heterocycles. The van der Waals surface area contributed by atoms with Crippen LogP contribution in [-0.4, -0.2) is 22.6 Å². The van der Waals surface area contributed by atoms with Crippen LogP contribution >= 0.6 is 0 Å². The first-order valence-corrected chi connectivity index (χ1v) is 8.06. The first kappa shape index (κ1) is 16.1. The second kappa shape index (κ2) is 6.67. The van der Waals surface area contributed by atoms with Gasteiger partial charge in [0.15, 0.2) is 0 Å². The van der Waals surface area contributed by atoms with Gasteiger partial charge in [0, 0.05) is 23.9 Å². The molecule has 118 valence electrons. The van der Waals surface area contributed by atoms with E-state index in [0.717, 1.165) is 17.0 Å². The van der Waals surface area contributed by atoms with Crippen LogP contribution in [-0.2, 0) is 16.6 Å². The maximum atomic E-state index is 11.2. The van der Waals surface area contributed by atoms with E-state index < -0.39 is 10.0 Å². The average Bonchev–Trinajstić information content (AvgIpc) is 2.52. The van der Waals surface area contributed by atoms with Crippen LogP contribution in [0.1, 0.15) is 5.56 Å². The van der Waals surface area contributed by atoms with E-state index in [4.69, 9.17) is 14.6 Å². The van der Waals surface area contributed by atoms with E-state index >= 15 is 0 Å². The van der Waals surface area contributed by atoms with Gasteiger partial charge in [0.1, 0.15) is 11.5 Å². The molecule has 0 amide bonds. The van der Waals surface area contributed by atoms with Gasteiger partial charge in [0.25, 0.3) is 0 Å². The standard InChI is InChI=1S/C15H18N2O4S/c1-20-13-6-3-11(15(9-13)21-2)10-17-12-4-7-14(8-5-12)22(16,18)19/h3-9,17H,10H2,1-2H3,(H2,16,18,19). The van der Waals surface area contributed by atoms with Crippen LogP contribution in [0.4, 0.5) is 5.69 Å². The van der Waals surface area contributed by atoms with Crippen molar-refractivity contribution in [3.05, 3.63) is 48.0 Å². The van der Waals surface area contributed by atoms with Crippen molar-refractivity contribution in [1.29, 1.82) is 0 Å². The van der Waals surface area contributed by atoms with E-state index in [1.165, 1.54) is 12.1 Å². The number of benzene rings is 2. The number of anilines is 1. The first-order valence-electron chi connectivity index (χ1n) is 6.51. The molecule has 0 spiro atoms. The van der Waals surface area contributed by atoms with Crippen molar-refractivity contribution in [2.45, 2.75) is 11.4 Å². The highest BCUT2D eigenvalue weighted by atomic mass is 32.2. The fourth-order valence-corrected chi connectivity index (χ4v) is 2.47. The molecule has 2 rings (SSSR count). The van der Waals surface area contributed by atoms with E-state index in [2.05, 4.69) is 5.32 Å². The van der Waals surface area contributed by atoms with Crippen LogP contribution in [0.2, 0.25) is 0 Å². The Bertz CT molecular complexity index is 743. The van der Waals surface area contributed by atoms with Crippen LogP contribution in [0, 0.1) is 0 Å². The summed E-state index contributed by atoms with van der Waals surface area (Å²) in [5, 5.41) is 8.26. The quantitative estimate of drug-likeness (QED) is 0.848. The fourth-order valence-electron chi connectivity index (χ4n) is 1.96. The zero-order valence-corrected chi connectivity index (χ0v) is 13.2. The highest BCUT2D eigenvalue weighted by Crippen LogP contribution is 2.25. The lowest BCUT2D eigenvalue weighted by molar-refractivity contribution is 0.391. The van der Waals surface area contributed by atoms with Crippen molar-refractivity contribution in [1.82, 2.24) is 0 Å². The molecular formula is C15H18N2O4S. The predicted octanol–water partition coefficient (Wildman–Crippen LogP) is 1.96. The highest BCUT2D eigenvalue weighted by Gasteiger charge is 2.08. The maximum absolute atomic E-state index is 11.2. The molecule has 0 saturated heterocycles. The van der Waals surface area contributed by atoms with Crippen LogP contribution < -0.4 is 19.9 Å². The molecule has 3 N–H and O–H groups in total. The molecule has 0 saturated carbocycles. The number of rotatable bonds is 6. The van der Waals surface area contributed by atoms with Gasteiger partial charge in [0.05, 0.1) is 19.1 Å². The Morgan fingerprint density at radius 2 is 1.73 bits per heavy atom. The van der Waals surface area contributed by atoms with Gasteiger partial charge in [-0.2, -0.15) is 0 Å². The van der Waals surface area contributed by atoms with Gasteiger partial charge in [-0.05, 0) is 36.4 Å². The van der Waals surface area contributed by atoms with Crippen LogP contribution in [0.25, 0.3) is 0 Å². The normalized spacial score (nSPS) is 11.0. The first-order chi connectivity index (χ1) is 10.4. The summed E-state index contributed by atoms with van der Waals surface area (Å²) in [5.74, 6) is 1.44. The Balaban J connectivity index is 2.10. The van der Waals surface area contributed by atoms with Gasteiger partial charge in [-0.15, -0.1) is 0 Å². The van der Waals surface area contributed by atoms with E-state index in [-0.39, 0.29) is 4.90 Å². The van der Waals surface area contributed by atoms with Gasteiger partial charge >= 0.3 is 0 Å². The molecule has 0 aromatic heterocycles. The molecule has 22 heavy (non-hydrogen) atoms. The third-order valence-electron chi connectivity index (χ3n) is 3.16. The zero-order chi connectivity index (χ0) is 16.2. The number of methoxy groups -OCH3 is 2. The Labute approximate surface area is 129 Å². The number of ether oxygens (including phenoxy) is 2. The summed E-state index contributed by atoms with van der Waals surface area (Å²) < 4.78 is 32.9. The Hall–Kier alpha value is -2.25. The third kappa shape index (κ3) is 3.90. The monoisotopic (exact) mass is 322 g/mol. The molecular weight excluding hydrogens is 304 g/mol. The molecule has 0 bridgehead atoms. The van der Waals surface area contributed by atoms with Gasteiger partial charge in [-0.25, -0.2) is 13.6 Å². The smallest absolute Gasteiger partial charge is 0.238 e. The number of hydrogen-bond donors (Lipinski definition) is 2. The van der Waals surface area contributed by atoms with Crippen LogP contribution in [0.15, 0.2) is 47.4 Å². The number of nitrogens with one attached hydrogen (secondary N) is 1.